The van der Waals surface area contributed by atoms with E-state index >= 15 is 0 Å². The summed E-state index contributed by atoms with van der Waals surface area (Å²) in [5.74, 6) is 3.28. The van der Waals surface area contributed by atoms with Gasteiger partial charge in [-0.2, -0.15) is 0 Å². The minimum atomic E-state index is -0.0686. The van der Waals surface area contributed by atoms with E-state index in [1.54, 1.807) is 7.11 Å². The SMILES string of the molecule is COc1ccc2c(c1)C13CCN(CC4CC4)C(C2)C12CCC1C3[C@@H](CN1c1nc(C)cc(C)n1)O2. The van der Waals surface area contributed by atoms with Gasteiger partial charge < -0.3 is 14.4 Å². The molecule has 5 fully saturated rings. The summed E-state index contributed by atoms with van der Waals surface area (Å²) in [5, 5.41) is 0. The summed E-state index contributed by atoms with van der Waals surface area (Å²) in [6.45, 7) is 7.54. The number of hydrogen-bond donors (Lipinski definition) is 0. The maximum atomic E-state index is 7.42. The third kappa shape index (κ3) is 2.63. The highest BCUT2D eigenvalue weighted by Gasteiger charge is 2.78. The van der Waals surface area contributed by atoms with Crippen LogP contribution in [-0.4, -0.2) is 65.4 Å². The molecule has 6 atom stereocenters. The van der Waals surface area contributed by atoms with Crippen LogP contribution in [0, 0.1) is 25.7 Å². The van der Waals surface area contributed by atoms with Crippen molar-refractivity contribution in [2.45, 2.75) is 81.6 Å². The Balaban J connectivity index is 1.28. The molecule has 6 heteroatoms. The first-order chi connectivity index (χ1) is 17.0. The number of anilines is 1. The van der Waals surface area contributed by atoms with Crippen molar-refractivity contribution in [1.29, 1.82) is 0 Å². The summed E-state index contributed by atoms with van der Waals surface area (Å²) in [5.41, 5.74) is 5.14. The van der Waals surface area contributed by atoms with Crippen LogP contribution >= 0.6 is 0 Å². The van der Waals surface area contributed by atoms with Gasteiger partial charge in [0, 0.05) is 47.9 Å². The van der Waals surface area contributed by atoms with Crippen molar-refractivity contribution in [1.82, 2.24) is 14.9 Å². The Hall–Kier alpha value is -2.18. The summed E-state index contributed by atoms with van der Waals surface area (Å²) in [6, 6.07) is 9.91. The predicted octanol–water partition coefficient (Wildman–Crippen LogP) is 3.82. The summed E-state index contributed by atoms with van der Waals surface area (Å²) in [4.78, 5) is 15.1. The van der Waals surface area contributed by atoms with Crippen molar-refractivity contribution in [2.24, 2.45) is 11.8 Å². The summed E-state index contributed by atoms with van der Waals surface area (Å²) >= 11 is 0. The molecule has 1 aromatic carbocycles. The van der Waals surface area contributed by atoms with Gasteiger partial charge in [-0.25, -0.2) is 9.97 Å². The van der Waals surface area contributed by atoms with Gasteiger partial charge in [0.15, 0.2) is 0 Å². The minimum absolute atomic E-state index is 0.0566. The van der Waals surface area contributed by atoms with Crippen LogP contribution in [0.3, 0.4) is 0 Å². The van der Waals surface area contributed by atoms with E-state index < -0.39 is 0 Å². The molecule has 35 heavy (non-hydrogen) atoms. The molecule has 5 unspecified atom stereocenters. The highest BCUT2D eigenvalue weighted by molar-refractivity contribution is 5.54. The van der Waals surface area contributed by atoms with Gasteiger partial charge in [0.2, 0.25) is 5.95 Å². The fraction of sp³-hybridized carbons (Fsp3) is 0.655. The third-order valence-electron chi connectivity index (χ3n) is 10.5. The van der Waals surface area contributed by atoms with Crippen LogP contribution < -0.4 is 9.64 Å². The first-order valence-corrected chi connectivity index (χ1v) is 13.7. The Morgan fingerprint density at radius 1 is 1.09 bits per heavy atom. The fourth-order valence-corrected chi connectivity index (χ4v) is 9.21. The van der Waals surface area contributed by atoms with Crippen LogP contribution in [0.4, 0.5) is 5.95 Å². The van der Waals surface area contributed by atoms with E-state index in [1.165, 1.54) is 49.9 Å². The van der Waals surface area contributed by atoms with Gasteiger partial charge in [0.25, 0.3) is 0 Å². The number of ether oxygens (including phenoxy) is 2. The molecular formula is C29H36N4O2. The molecule has 184 valence electrons. The Labute approximate surface area is 208 Å². The van der Waals surface area contributed by atoms with Crippen molar-refractivity contribution in [3.63, 3.8) is 0 Å². The van der Waals surface area contributed by atoms with Gasteiger partial charge in [-0.3, -0.25) is 4.90 Å². The number of nitrogens with zero attached hydrogens (tertiary/aromatic N) is 4. The van der Waals surface area contributed by atoms with Crippen LogP contribution in [0.5, 0.6) is 5.75 Å². The molecule has 6 aliphatic rings. The van der Waals surface area contributed by atoms with E-state index in [4.69, 9.17) is 19.4 Å². The second-order valence-electron chi connectivity index (χ2n) is 12.2. The molecule has 6 nitrogen and oxygen atoms in total. The topological polar surface area (TPSA) is 50.7 Å². The van der Waals surface area contributed by atoms with Crippen LogP contribution in [0.25, 0.3) is 0 Å². The maximum Gasteiger partial charge on any atom is 0.226 e. The zero-order valence-corrected chi connectivity index (χ0v) is 21.2. The molecule has 8 rings (SSSR count). The van der Waals surface area contributed by atoms with E-state index in [2.05, 4.69) is 47.9 Å². The van der Waals surface area contributed by atoms with Gasteiger partial charge >= 0.3 is 0 Å². The summed E-state index contributed by atoms with van der Waals surface area (Å²) < 4.78 is 13.2. The Morgan fingerprint density at radius 3 is 2.69 bits per heavy atom. The maximum absolute atomic E-state index is 7.42. The lowest BCUT2D eigenvalue weighted by molar-refractivity contribution is -0.162. The fourth-order valence-electron chi connectivity index (χ4n) is 9.21. The van der Waals surface area contributed by atoms with Crippen molar-refractivity contribution in [3.05, 3.63) is 46.8 Å². The number of piperidine rings is 1. The number of rotatable bonds is 4. The van der Waals surface area contributed by atoms with E-state index in [0.29, 0.717) is 18.0 Å². The normalized spacial score (nSPS) is 38.9. The first kappa shape index (κ1) is 21.0. The standard InChI is InChI=1S/C29H36N4O2/c1-17-12-18(2)31-27(30-17)33-16-24-26-23(33)8-9-29(35-24)25-13-20-6-7-21(34-3)14-22(20)28(26,29)10-11-32(25)15-19-4-5-19/h6-7,12,14,19,23-26H,4-5,8-11,13,15-16H2,1-3H3/t23?,24-,25?,26?,28?,29?/m1/s1. The summed E-state index contributed by atoms with van der Waals surface area (Å²) in [6.07, 6.45) is 7.67. The minimum Gasteiger partial charge on any atom is -0.497 e. The van der Waals surface area contributed by atoms with Gasteiger partial charge in [-0.1, -0.05) is 6.07 Å². The number of fused-ring (bicyclic) bond motifs is 1. The molecule has 0 radical (unpaired) electrons. The van der Waals surface area contributed by atoms with Gasteiger partial charge in [0.05, 0.1) is 18.8 Å². The van der Waals surface area contributed by atoms with Crippen LogP contribution in [0.2, 0.25) is 0 Å². The number of benzene rings is 1. The molecule has 0 spiro atoms. The monoisotopic (exact) mass is 472 g/mol. The molecule has 3 aliphatic carbocycles. The molecule has 0 N–H and O–H groups in total. The molecule has 4 bridgehead atoms. The number of methoxy groups -OCH3 is 1. The second kappa shape index (κ2) is 6.98. The van der Waals surface area contributed by atoms with E-state index in [9.17, 15) is 0 Å². The molecule has 2 aromatic rings. The van der Waals surface area contributed by atoms with Gasteiger partial charge in [0.1, 0.15) is 5.75 Å². The van der Waals surface area contributed by atoms with Crippen LogP contribution in [-0.2, 0) is 16.6 Å². The second-order valence-corrected chi connectivity index (χ2v) is 12.2. The highest BCUT2D eigenvalue weighted by Crippen LogP contribution is 2.70. The zero-order valence-electron chi connectivity index (χ0n) is 21.2. The molecule has 3 aliphatic heterocycles. The Morgan fingerprint density at radius 2 is 1.91 bits per heavy atom. The van der Waals surface area contributed by atoms with Crippen molar-refractivity contribution in [2.75, 3.05) is 31.6 Å². The van der Waals surface area contributed by atoms with Crippen LogP contribution in [0.15, 0.2) is 24.3 Å². The average Bonchev–Trinajstić information content (AvgIpc) is 3.53. The predicted molar refractivity (Wildman–Crippen MR) is 134 cm³/mol. The van der Waals surface area contributed by atoms with Gasteiger partial charge in [-0.05, 0) is 94.2 Å². The van der Waals surface area contributed by atoms with Crippen molar-refractivity contribution < 1.29 is 9.47 Å². The van der Waals surface area contributed by atoms with Crippen molar-refractivity contribution >= 4 is 5.95 Å². The third-order valence-corrected chi connectivity index (χ3v) is 10.5. The zero-order chi connectivity index (χ0) is 23.5. The lowest BCUT2D eigenvalue weighted by Gasteiger charge is -2.64. The van der Waals surface area contributed by atoms with Crippen molar-refractivity contribution in [3.8, 4) is 5.75 Å². The highest BCUT2D eigenvalue weighted by atomic mass is 16.5. The lowest BCUT2D eigenvalue weighted by atomic mass is 9.46. The van der Waals surface area contributed by atoms with E-state index in [1.807, 2.05) is 0 Å². The first-order valence-electron chi connectivity index (χ1n) is 13.7. The molecule has 2 saturated carbocycles. The molecular weight excluding hydrogens is 436 g/mol. The lowest BCUT2D eigenvalue weighted by Crippen LogP contribution is -2.74. The number of likely N-dealkylation sites (tertiary alicyclic amines) is 1. The molecule has 4 heterocycles. The van der Waals surface area contributed by atoms with Gasteiger partial charge in [-0.15, -0.1) is 0 Å². The molecule has 3 saturated heterocycles. The van der Waals surface area contributed by atoms with Crippen LogP contribution in [0.1, 0.15) is 54.6 Å². The molecule has 0 amide bonds. The molecule has 1 aromatic heterocycles. The number of aryl methyl sites for hydroxylation is 2. The number of hydrogen-bond acceptors (Lipinski definition) is 6. The smallest absolute Gasteiger partial charge is 0.226 e. The Kier molecular flexibility index (Phi) is 4.18. The quantitative estimate of drug-likeness (QED) is 0.675. The summed E-state index contributed by atoms with van der Waals surface area (Å²) in [7, 11) is 1.80. The van der Waals surface area contributed by atoms with E-state index in [-0.39, 0.29) is 17.1 Å². The average molecular weight is 473 g/mol. The van der Waals surface area contributed by atoms with E-state index in [0.717, 1.165) is 48.4 Å². The Bertz CT molecular complexity index is 1190. The number of aromatic nitrogens is 2. The largest absolute Gasteiger partial charge is 0.497 e.